The summed E-state index contributed by atoms with van der Waals surface area (Å²) in [6.07, 6.45) is 4.55. The van der Waals surface area contributed by atoms with E-state index in [2.05, 4.69) is 16.5 Å². The Balaban J connectivity index is 2.36. The molecule has 0 atom stereocenters. The maximum atomic E-state index is 11.9. The lowest BCUT2D eigenvalue weighted by Crippen LogP contribution is -2.38. The third-order valence-electron chi connectivity index (χ3n) is 4.21. The van der Waals surface area contributed by atoms with E-state index in [1.165, 1.54) is 12.7 Å². The second kappa shape index (κ2) is 4.46. The highest BCUT2D eigenvalue weighted by Gasteiger charge is 2.37. The normalized spacial score (nSPS) is 18.1. The van der Waals surface area contributed by atoms with Gasteiger partial charge in [-0.15, -0.1) is 11.6 Å². The van der Waals surface area contributed by atoms with Gasteiger partial charge in [-0.25, -0.2) is 13.4 Å². The molecular formula is C14H17ClN2O2S. The van der Waals surface area contributed by atoms with Gasteiger partial charge in [0, 0.05) is 11.8 Å². The Morgan fingerprint density at radius 1 is 1.40 bits per heavy atom. The first-order chi connectivity index (χ1) is 9.37. The third-order valence-corrected chi connectivity index (χ3v) is 5.57. The molecule has 0 bridgehead atoms. The Labute approximate surface area is 123 Å². The maximum Gasteiger partial charge on any atom is 0.177 e. The fourth-order valence-electron chi connectivity index (χ4n) is 3.02. The largest absolute Gasteiger partial charge is 0.321 e. The van der Waals surface area contributed by atoms with E-state index >= 15 is 0 Å². The van der Waals surface area contributed by atoms with E-state index in [0.29, 0.717) is 5.52 Å². The standard InChI is InChI=1S/C14H17ClN2O2S/c1-14(7-4-8-14)17-10-5-3-6-11(20(2,18)19)13(10)16-12(17)9-15/h3,5-6H,4,7-9H2,1-2H3. The number of para-hydroxylation sites is 1. The van der Waals surface area contributed by atoms with Crippen LogP contribution in [0, 0.1) is 0 Å². The van der Waals surface area contributed by atoms with Crippen LogP contribution in [0.3, 0.4) is 0 Å². The lowest BCUT2D eigenvalue weighted by Gasteiger charge is -2.41. The van der Waals surface area contributed by atoms with Crippen LogP contribution in [0.1, 0.15) is 32.0 Å². The molecule has 0 saturated heterocycles. The minimum atomic E-state index is -3.29. The van der Waals surface area contributed by atoms with Crippen LogP contribution < -0.4 is 0 Å². The highest BCUT2D eigenvalue weighted by molar-refractivity contribution is 7.91. The Morgan fingerprint density at radius 2 is 2.10 bits per heavy atom. The lowest BCUT2D eigenvalue weighted by molar-refractivity contribution is 0.171. The number of nitrogens with zero attached hydrogens (tertiary/aromatic N) is 2. The van der Waals surface area contributed by atoms with Crippen molar-refractivity contribution >= 4 is 32.5 Å². The van der Waals surface area contributed by atoms with Gasteiger partial charge in [0.05, 0.1) is 16.3 Å². The molecule has 1 aromatic carbocycles. The Morgan fingerprint density at radius 3 is 2.60 bits per heavy atom. The van der Waals surface area contributed by atoms with E-state index in [4.69, 9.17) is 11.6 Å². The van der Waals surface area contributed by atoms with Gasteiger partial charge in [-0.1, -0.05) is 6.07 Å². The van der Waals surface area contributed by atoms with Gasteiger partial charge in [0.25, 0.3) is 0 Å². The molecule has 0 N–H and O–H groups in total. The van der Waals surface area contributed by atoms with Gasteiger partial charge >= 0.3 is 0 Å². The maximum absolute atomic E-state index is 11.9. The molecule has 0 amide bonds. The molecule has 108 valence electrons. The summed E-state index contributed by atoms with van der Waals surface area (Å²) in [5.74, 6) is 1.04. The number of alkyl halides is 1. The van der Waals surface area contributed by atoms with Crippen LogP contribution >= 0.6 is 11.6 Å². The lowest BCUT2D eigenvalue weighted by atomic mass is 9.78. The van der Waals surface area contributed by atoms with Gasteiger partial charge in [0.15, 0.2) is 9.84 Å². The van der Waals surface area contributed by atoms with Crippen molar-refractivity contribution in [3.05, 3.63) is 24.0 Å². The summed E-state index contributed by atoms with van der Waals surface area (Å²) in [5.41, 5.74) is 1.42. The van der Waals surface area contributed by atoms with E-state index in [9.17, 15) is 8.42 Å². The average molecular weight is 313 g/mol. The smallest absolute Gasteiger partial charge is 0.177 e. The van der Waals surface area contributed by atoms with Gasteiger partial charge in [0.2, 0.25) is 0 Å². The molecule has 1 heterocycles. The SMILES string of the molecule is CC1(n2c(CCl)nc3c(S(C)(=O)=O)cccc32)CCC1. The third kappa shape index (κ3) is 1.95. The summed E-state index contributed by atoms with van der Waals surface area (Å²) >= 11 is 6.02. The van der Waals surface area contributed by atoms with Crippen LogP contribution in [0.25, 0.3) is 11.0 Å². The molecule has 6 heteroatoms. The first-order valence-electron chi connectivity index (χ1n) is 6.64. The summed E-state index contributed by atoms with van der Waals surface area (Å²) in [6.45, 7) is 2.18. The van der Waals surface area contributed by atoms with E-state index in [1.54, 1.807) is 12.1 Å². The van der Waals surface area contributed by atoms with Crippen molar-refractivity contribution in [2.45, 2.75) is 42.5 Å². The van der Waals surface area contributed by atoms with Gasteiger partial charge in [0.1, 0.15) is 11.3 Å². The van der Waals surface area contributed by atoms with Crippen molar-refractivity contribution in [2.24, 2.45) is 0 Å². The van der Waals surface area contributed by atoms with E-state index in [-0.39, 0.29) is 16.3 Å². The summed E-state index contributed by atoms with van der Waals surface area (Å²) in [4.78, 5) is 4.78. The van der Waals surface area contributed by atoms with Crippen LogP contribution in [-0.4, -0.2) is 24.2 Å². The number of halogens is 1. The van der Waals surface area contributed by atoms with Crippen LogP contribution in [0.2, 0.25) is 0 Å². The molecule has 3 rings (SSSR count). The highest BCUT2D eigenvalue weighted by atomic mass is 35.5. The number of sulfone groups is 1. The summed E-state index contributed by atoms with van der Waals surface area (Å²) in [6, 6.07) is 5.31. The molecule has 0 aliphatic heterocycles. The Kier molecular flexibility index (Phi) is 3.10. The van der Waals surface area contributed by atoms with Gasteiger partial charge < -0.3 is 4.57 Å². The van der Waals surface area contributed by atoms with Crippen molar-refractivity contribution in [1.29, 1.82) is 0 Å². The number of rotatable bonds is 3. The fraction of sp³-hybridized carbons (Fsp3) is 0.500. The van der Waals surface area contributed by atoms with E-state index in [1.807, 2.05) is 6.07 Å². The summed E-state index contributed by atoms with van der Waals surface area (Å²) < 4.78 is 25.9. The molecule has 20 heavy (non-hydrogen) atoms. The van der Waals surface area contributed by atoms with Crippen LogP contribution in [0.4, 0.5) is 0 Å². The molecule has 1 saturated carbocycles. The predicted molar refractivity (Wildman–Crippen MR) is 79.9 cm³/mol. The van der Waals surface area contributed by atoms with Crippen molar-refractivity contribution in [1.82, 2.24) is 9.55 Å². The second-order valence-electron chi connectivity index (χ2n) is 5.74. The van der Waals surface area contributed by atoms with E-state index < -0.39 is 9.84 Å². The molecule has 0 unspecified atom stereocenters. The monoisotopic (exact) mass is 312 g/mol. The molecule has 4 nitrogen and oxygen atoms in total. The second-order valence-corrected chi connectivity index (χ2v) is 8.00. The molecule has 0 radical (unpaired) electrons. The fourth-order valence-corrected chi connectivity index (χ4v) is 4.03. The minimum Gasteiger partial charge on any atom is -0.321 e. The van der Waals surface area contributed by atoms with Crippen LogP contribution in [0.5, 0.6) is 0 Å². The molecule has 1 fully saturated rings. The van der Waals surface area contributed by atoms with Crippen molar-refractivity contribution < 1.29 is 8.42 Å². The predicted octanol–water partition coefficient (Wildman–Crippen LogP) is 3.08. The summed E-state index contributed by atoms with van der Waals surface area (Å²) in [7, 11) is -3.29. The number of hydrogen-bond acceptors (Lipinski definition) is 3. The van der Waals surface area contributed by atoms with Crippen LogP contribution in [0.15, 0.2) is 23.1 Å². The zero-order chi connectivity index (χ0) is 14.5. The zero-order valence-electron chi connectivity index (χ0n) is 11.6. The Bertz CT molecular complexity index is 776. The number of imidazole rings is 1. The zero-order valence-corrected chi connectivity index (χ0v) is 13.1. The first kappa shape index (κ1) is 13.9. The average Bonchev–Trinajstić information content (AvgIpc) is 2.73. The van der Waals surface area contributed by atoms with Crippen molar-refractivity contribution in [2.75, 3.05) is 6.26 Å². The number of aromatic nitrogens is 2. The molecule has 1 aliphatic carbocycles. The van der Waals surface area contributed by atoms with Gasteiger partial charge in [-0.3, -0.25) is 0 Å². The summed E-state index contributed by atoms with van der Waals surface area (Å²) in [5, 5.41) is 0. The number of hydrogen-bond donors (Lipinski definition) is 0. The van der Waals surface area contributed by atoms with Crippen LogP contribution in [-0.2, 0) is 21.3 Å². The molecule has 0 spiro atoms. The first-order valence-corrected chi connectivity index (χ1v) is 9.06. The van der Waals surface area contributed by atoms with E-state index in [0.717, 1.165) is 24.2 Å². The molecule has 1 aliphatic rings. The molecule has 1 aromatic heterocycles. The molecule has 2 aromatic rings. The van der Waals surface area contributed by atoms with Crippen molar-refractivity contribution in [3.63, 3.8) is 0 Å². The quantitative estimate of drug-likeness (QED) is 0.818. The Hall–Kier alpha value is -1.07. The highest BCUT2D eigenvalue weighted by Crippen LogP contribution is 2.42. The number of benzene rings is 1. The topological polar surface area (TPSA) is 52.0 Å². The number of fused-ring (bicyclic) bond motifs is 1. The van der Waals surface area contributed by atoms with Gasteiger partial charge in [-0.05, 0) is 38.3 Å². The molecular weight excluding hydrogens is 296 g/mol. The van der Waals surface area contributed by atoms with Crippen molar-refractivity contribution in [3.8, 4) is 0 Å². The minimum absolute atomic E-state index is 0.00903. The van der Waals surface area contributed by atoms with Gasteiger partial charge in [-0.2, -0.15) is 0 Å².